The van der Waals surface area contributed by atoms with Crippen molar-refractivity contribution in [2.45, 2.75) is 0 Å². The lowest BCUT2D eigenvalue weighted by atomic mass is 10.0. The molecule has 2 aromatic carbocycles. The van der Waals surface area contributed by atoms with Crippen LogP contribution in [-0.4, -0.2) is 4.57 Å². The minimum atomic E-state index is -0.0537. The van der Waals surface area contributed by atoms with E-state index in [0.717, 1.165) is 16.8 Å². The lowest BCUT2D eigenvalue weighted by Crippen LogP contribution is -2.16. The second kappa shape index (κ2) is 5.35. The van der Waals surface area contributed by atoms with Gasteiger partial charge < -0.3 is 0 Å². The van der Waals surface area contributed by atoms with Gasteiger partial charge in [-0.15, -0.1) is 0 Å². The van der Waals surface area contributed by atoms with Gasteiger partial charge >= 0.3 is 0 Å². The Labute approximate surface area is 121 Å². The van der Waals surface area contributed by atoms with Crippen LogP contribution in [0.2, 0.25) is 5.02 Å². The Morgan fingerprint density at radius 2 is 1.65 bits per heavy atom. The minimum Gasteiger partial charge on any atom is -0.284 e. The first-order valence-electron chi connectivity index (χ1n) is 6.29. The summed E-state index contributed by atoms with van der Waals surface area (Å²) in [5, 5.41) is 0.678. The van der Waals surface area contributed by atoms with Gasteiger partial charge in [0.1, 0.15) is 0 Å². The van der Waals surface area contributed by atoms with Crippen LogP contribution in [0.15, 0.2) is 77.7 Å². The number of aromatic nitrogens is 1. The molecule has 0 unspecified atom stereocenters. The van der Waals surface area contributed by atoms with Crippen molar-refractivity contribution >= 4 is 11.6 Å². The summed E-state index contributed by atoms with van der Waals surface area (Å²) in [6.07, 6.45) is 1.77. The normalized spacial score (nSPS) is 10.4. The highest BCUT2D eigenvalue weighted by atomic mass is 35.5. The third kappa shape index (κ3) is 2.38. The number of rotatable bonds is 2. The number of benzene rings is 2. The van der Waals surface area contributed by atoms with Crippen LogP contribution in [0, 0.1) is 0 Å². The average Bonchev–Trinajstić information content (AvgIpc) is 2.48. The molecular formula is C17H12ClNO. The van der Waals surface area contributed by atoms with E-state index in [2.05, 4.69) is 0 Å². The van der Waals surface area contributed by atoms with Crippen molar-refractivity contribution in [2.75, 3.05) is 0 Å². The van der Waals surface area contributed by atoms with Crippen molar-refractivity contribution < 1.29 is 0 Å². The highest BCUT2D eigenvalue weighted by Gasteiger charge is 2.07. The maximum Gasteiger partial charge on any atom is 0.255 e. The van der Waals surface area contributed by atoms with Gasteiger partial charge in [-0.3, -0.25) is 9.36 Å². The Morgan fingerprint density at radius 1 is 0.850 bits per heavy atom. The summed E-state index contributed by atoms with van der Waals surface area (Å²) in [6.45, 7) is 0. The van der Waals surface area contributed by atoms with E-state index in [1.54, 1.807) is 22.9 Å². The molecule has 0 saturated carbocycles. The molecule has 0 saturated heterocycles. The van der Waals surface area contributed by atoms with Crippen molar-refractivity contribution in [3.05, 3.63) is 88.3 Å². The fourth-order valence-electron chi connectivity index (χ4n) is 2.21. The predicted molar refractivity (Wildman–Crippen MR) is 82.5 cm³/mol. The summed E-state index contributed by atoms with van der Waals surface area (Å²) in [5.74, 6) is 0. The first kappa shape index (κ1) is 12.7. The molecule has 0 radical (unpaired) electrons. The summed E-state index contributed by atoms with van der Waals surface area (Å²) in [4.78, 5) is 12.0. The van der Waals surface area contributed by atoms with Gasteiger partial charge in [0.15, 0.2) is 0 Å². The van der Waals surface area contributed by atoms with Gasteiger partial charge in [0.25, 0.3) is 5.56 Å². The van der Waals surface area contributed by atoms with E-state index < -0.39 is 0 Å². The molecule has 0 aliphatic carbocycles. The van der Waals surface area contributed by atoms with Gasteiger partial charge in [-0.2, -0.15) is 0 Å². The average molecular weight is 282 g/mol. The first-order chi connectivity index (χ1) is 9.75. The summed E-state index contributed by atoms with van der Waals surface area (Å²) >= 11 is 6.06. The van der Waals surface area contributed by atoms with Crippen molar-refractivity contribution in [3.8, 4) is 16.8 Å². The first-order valence-corrected chi connectivity index (χ1v) is 6.66. The van der Waals surface area contributed by atoms with Gasteiger partial charge in [-0.1, -0.05) is 48.0 Å². The molecule has 3 aromatic rings. The van der Waals surface area contributed by atoms with E-state index in [1.165, 1.54) is 0 Å². The van der Waals surface area contributed by atoms with Crippen LogP contribution in [-0.2, 0) is 0 Å². The van der Waals surface area contributed by atoms with Crippen LogP contribution in [0.5, 0.6) is 0 Å². The van der Waals surface area contributed by atoms with Crippen LogP contribution in [0.25, 0.3) is 16.8 Å². The lowest BCUT2D eigenvalue weighted by molar-refractivity contribution is 0.992. The highest BCUT2D eigenvalue weighted by molar-refractivity contribution is 6.30. The summed E-state index contributed by atoms with van der Waals surface area (Å²) in [7, 11) is 0. The van der Waals surface area contributed by atoms with Crippen molar-refractivity contribution in [1.82, 2.24) is 4.57 Å². The van der Waals surface area contributed by atoms with E-state index in [1.807, 2.05) is 54.6 Å². The standard InChI is InChI=1S/C17H12ClNO/c18-14-7-5-6-13(12-14)15-8-1-2-9-16(15)19-11-4-3-10-17(19)20/h1-12H. The monoisotopic (exact) mass is 281 g/mol. The third-order valence-electron chi connectivity index (χ3n) is 3.12. The molecule has 2 nitrogen and oxygen atoms in total. The fraction of sp³-hybridized carbons (Fsp3) is 0. The zero-order chi connectivity index (χ0) is 13.9. The summed E-state index contributed by atoms with van der Waals surface area (Å²) in [5.41, 5.74) is 2.76. The summed E-state index contributed by atoms with van der Waals surface area (Å²) in [6, 6.07) is 20.5. The Morgan fingerprint density at radius 3 is 2.45 bits per heavy atom. The molecule has 0 atom stereocenters. The van der Waals surface area contributed by atoms with Crippen molar-refractivity contribution in [3.63, 3.8) is 0 Å². The van der Waals surface area contributed by atoms with Crippen LogP contribution in [0.1, 0.15) is 0 Å². The molecule has 20 heavy (non-hydrogen) atoms. The van der Waals surface area contributed by atoms with Gasteiger partial charge in [0, 0.05) is 22.8 Å². The lowest BCUT2D eigenvalue weighted by Gasteiger charge is -2.12. The van der Waals surface area contributed by atoms with Crippen molar-refractivity contribution in [2.24, 2.45) is 0 Å². The summed E-state index contributed by atoms with van der Waals surface area (Å²) < 4.78 is 1.64. The van der Waals surface area contributed by atoms with E-state index in [4.69, 9.17) is 11.6 Å². The van der Waals surface area contributed by atoms with Crippen LogP contribution < -0.4 is 5.56 Å². The quantitative estimate of drug-likeness (QED) is 0.691. The molecule has 0 aliphatic heterocycles. The molecule has 0 bridgehead atoms. The fourth-order valence-corrected chi connectivity index (χ4v) is 2.40. The number of para-hydroxylation sites is 1. The van der Waals surface area contributed by atoms with E-state index in [9.17, 15) is 4.79 Å². The van der Waals surface area contributed by atoms with Crippen LogP contribution >= 0.6 is 11.6 Å². The Kier molecular flexibility index (Phi) is 3.40. The molecule has 0 amide bonds. The third-order valence-corrected chi connectivity index (χ3v) is 3.36. The van der Waals surface area contributed by atoms with Gasteiger partial charge in [-0.05, 0) is 29.8 Å². The molecule has 3 heteroatoms. The van der Waals surface area contributed by atoms with Gasteiger partial charge in [0.05, 0.1) is 5.69 Å². The molecule has 1 aromatic heterocycles. The number of hydrogen-bond acceptors (Lipinski definition) is 1. The second-order valence-corrected chi connectivity index (χ2v) is 4.87. The zero-order valence-electron chi connectivity index (χ0n) is 10.7. The molecule has 3 rings (SSSR count). The molecule has 0 spiro atoms. The number of nitrogens with zero attached hydrogens (tertiary/aromatic N) is 1. The Bertz CT molecular complexity index is 808. The largest absolute Gasteiger partial charge is 0.284 e. The topological polar surface area (TPSA) is 22.0 Å². The van der Waals surface area contributed by atoms with E-state index in [0.29, 0.717) is 5.02 Å². The van der Waals surface area contributed by atoms with Gasteiger partial charge in [0.2, 0.25) is 0 Å². The van der Waals surface area contributed by atoms with Crippen LogP contribution in [0.4, 0.5) is 0 Å². The molecule has 1 heterocycles. The second-order valence-electron chi connectivity index (χ2n) is 4.44. The minimum absolute atomic E-state index is 0.0537. The maximum atomic E-state index is 12.0. The molecule has 98 valence electrons. The molecular weight excluding hydrogens is 270 g/mol. The van der Waals surface area contributed by atoms with Gasteiger partial charge in [-0.25, -0.2) is 0 Å². The van der Waals surface area contributed by atoms with Crippen molar-refractivity contribution in [1.29, 1.82) is 0 Å². The predicted octanol–water partition coefficient (Wildman–Crippen LogP) is 4.16. The Hall–Kier alpha value is -2.32. The molecule has 0 fully saturated rings. The molecule has 0 aliphatic rings. The number of hydrogen-bond donors (Lipinski definition) is 0. The number of pyridine rings is 1. The van der Waals surface area contributed by atoms with Crippen LogP contribution in [0.3, 0.4) is 0 Å². The maximum absolute atomic E-state index is 12.0. The smallest absolute Gasteiger partial charge is 0.255 e. The van der Waals surface area contributed by atoms with E-state index in [-0.39, 0.29) is 5.56 Å². The molecule has 0 N–H and O–H groups in total. The zero-order valence-corrected chi connectivity index (χ0v) is 11.4. The SMILES string of the molecule is O=c1ccccn1-c1ccccc1-c1cccc(Cl)c1. The highest BCUT2D eigenvalue weighted by Crippen LogP contribution is 2.27. The Balaban J connectivity index is 2.24. The van der Waals surface area contributed by atoms with E-state index >= 15 is 0 Å². The number of halogens is 1.